The first-order chi connectivity index (χ1) is 8.20. The van der Waals surface area contributed by atoms with Gasteiger partial charge in [-0.2, -0.15) is 0 Å². The quantitative estimate of drug-likeness (QED) is 0.907. The van der Waals surface area contributed by atoms with Crippen LogP contribution < -0.4 is 5.32 Å². The predicted octanol–water partition coefficient (Wildman–Crippen LogP) is 3.10. The Morgan fingerprint density at radius 3 is 2.88 bits per heavy atom. The average Bonchev–Trinajstić information content (AvgIpc) is 3.08. The van der Waals surface area contributed by atoms with Gasteiger partial charge in [-0.15, -0.1) is 0 Å². The summed E-state index contributed by atoms with van der Waals surface area (Å²) in [5.74, 6) is -0.0372. The van der Waals surface area contributed by atoms with Gasteiger partial charge in [0.1, 0.15) is 0 Å². The lowest BCUT2D eigenvalue weighted by atomic mass is 10.1. The van der Waals surface area contributed by atoms with E-state index in [1.807, 2.05) is 12.1 Å². The number of carbonyl (C=O) groups is 1. The van der Waals surface area contributed by atoms with Gasteiger partial charge in [-0.3, -0.25) is 4.79 Å². The molecule has 0 aliphatic heterocycles. The topological polar surface area (TPSA) is 34.0 Å². The second kappa shape index (κ2) is 3.88. The lowest BCUT2D eigenvalue weighted by molar-refractivity contribution is 0.0964. The number of nitrogens with one attached hydrogen (secondary N) is 1. The summed E-state index contributed by atoms with van der Waals surface area (Å²) in [4.78, 5) is 11.8. The van der Waals surface area contributed by atoms with E-state index >= 15 is 0 Å². The lowest BCUT2D eigenvalue weighted by Crippen LogP contribution is -2.18. The van der Waals surface area contributed by atoms with Crippen LogP contribution >= 0.6 is 15.9 Å². The Morgan fingerprint density at radius 2 is 2.24 bits per heavy atom. The second-order valence-electron chi connectivity index (χ2n) is 4.42. The summed E-state index contributed by atoms with van der Waals surface area (Å²) in [6, 6.07) is 6.61. The van der Waals surface area contributed by atoms with Gasteiger partial charge in [0.15, 0.2) is 0 Å². The summed E-state index contributed by atoms with van der Waals surface area (Å²) >= 11 is 3.48. The number of amides is 1. The summed E-state index contributed by atoms with van der Waals surface area (Å²) in [5.41, 5.74) is 1.87. The van der Waals surface area contributed by atoms with E-state index in [1.165, 1.54) is 12.8 Å². The van der Waals surface area contributed by atoms with Crippen molar-refractivity contribution in [1.29, 1.82) is 0 Å². The maximum Gasteiger partial charge on any atom is 0.251 e. The van der Waals surface area contributed by atoms with Crippen molar-refractivity contribution in [2.24, 2.45) is 0 Å². The van der Waals surface area contributed by atoms with E-state index in [0.29, 0.717) is 6.04 Å². The molecule has 3 rings (SSSR count). The van der Waals surface area contributed by atoms with Crippen molar-refractivity contribution in [3.63, 3.8) is 0 Å². The van der Waals surface area contributed by atoms with Crippen molar-refractivity contribution in [2.45, 2.75) is 18.9 Å². The predicted molar refractivity (Wildman–Crippen MR) is 71.3 cm³/mol. The van der Waals surface area contributed by atoms with Crippen LogP contribution in [0.3, 0.4) is 0 Å². The highest BCUT2D eigenvalue weighted by Crippen LogP contribution is 2.39. The number of hydrogen-bond donors (Lipinski definition) is 1. The number of rotatable bonds is 2. The van der Waals surface area contributed by atoms with Gasteiger partial charge < -0.3 is 9.88 Å². The van der Waals surface area contributed by atoms with Gasteiger partial charge >= 0.3 is 0 Å². The van der Waals surface area contributed by atoms with Gasteiger partial charge in [0.25, 0.3) is 5.91 Å². The maximum absolute atomic E-state index is 11.8. The second-order valence-corrected chi connectivity index (χ2v) is 5.34. The number of benzene rings is 1. The van der Waals surface area contributed by atoms with Crippen molar-refractivity contribution < 1.29 is 4.79 Å². The fourth-order valence-electron chi connectivity index (χ4n) is 2.22. The lowest BCUT2D eigenvalue weighted by Gasteiger charge is -2.06. The molecule has 0 radical (unpaired) electrons. The molecule has 1 saturated carbocycles. The Bertz CT molecular complexity index is 599. The molecule has 1 aliphatic rings. The summed E-state index contributed by atoms with van der Waals surface area (Å²) in [6.45, 7) is 0. The molecule has 88 valence electrons. The fourth-order valence-corrected chi connectivity index (χ4v) is 2.67. The molecule has 0 unspecified atom stereocenters. The molecule has 0 bridgehead atoms. The zero-order valence-corrected chi connectivity index (χ0v) is 11.1. The van der Waals surface area contributed by atoms with E-state index in [4.69, 9.17) is 0 Å². The van der Waals surface area contributed by atoms with Crippen LogP contribution in [0.2, 0.25) is 0 Å². The largest absolute Gasteiger partial charge is 0.355 e. The molecule has 0 spiro atoms. The highest BCUT2D eigenvalue weighted by Gasteiger charge is 2.25. The number of nitrogens with zero attached hydrogens (tertiary/aromatic N) is 1. The third-order valence-corrected chi connectivity index (χ3v) is 3.67. The van der Waals surface area contributed by atoms with Crippen LogP contribution in [0, 0.1) is 0 Å². The molecule has 3 nitrogen and oxygen atoms in total. The Morgan fingerprint density at radius 1 is 1.47 bits per heavy atom. The van der Waals surface area contributed by atoms with Crippen molar-refractivity contribution in [2.75, 3.05) is 7.05 Å². The number of fused-ring (bicyclic) bond motifs is 1. The standard InChI is InChI=1S/C13H13BrN2O/c1-15-13(17)11-6-8(14)7-12-10(11)4-5-16(12)9-2-3-9/h4-7,9H,2-3H2,1H3,(H,15,17). The number of hydrogen-bond acceptors (Lipinski definition) is 1. The first kappa shape index (κ1) is 10.8. The van der Waals surface area contributed by atoms with E-state index in [9.17, 15) is 4.79 Å². The third-order valence-electron chi connectivity index (χ3n) is 3.21. The first-order valence-corrected chi connectivity index (χ1v) is 6.52. The van der Waals surface area contributed by atoms with Crippen LogP contribution in [-0.2, 0) is 0 Å². The normalized spacial score (nSPS) is 15.2. The molecule has 0 saturated heterocycles. The van der Waals surface area contributed by atoms with Crippen LogP contribution in [-0.4, -0.2) is 17.5 Å². The molecule has 1 heterocycles. The van der Waals surface area contributed by atoms with E-state index < -0.39 is 0 Å². The SMILES string of the molecule is CNC(=O)c1cc(Br)cc2c1ccn2C1CC1. The van der Waals surface area contributed by atoms with Crippen LogP contribution in [0.15, 0.2) is 28.9 Å². The molecule has 1 aliphatic carbocycles. The summed E-state index contributed by atoms with van der Waals surface area (Å²) < 4.78 is 3.22. The zero-order valence-electron chi connectivity index (χ0n) is 9.53. The van der Waals surface area contributed by atoms with Gasteiger partial charge in [0.05, 0.1) is 5.52 Å². The van der Waals surface area contributed by atoms with E-state index in [1.54, 1.807) is 7.05 Å². The summed E-state index contributed by atoms with van der Waals surface area (Å²) in [5, 5.41) is 3.71. The summed E-state index contributed by atoms with van der Waals surface area (Å²) in [7, 11) is 1.66. The van der Waals surface area contributed by atoms with Crippen LogP contribution in [0.5, 0.6) is 0 Å². The molecular formula is C13H13BrN2O. The smallest absolute Gasteiger partial charge is 0.251 e. The van der Waals surface area contributed by atoms with Gasteiger partial charge in [-0.25, -0.2) is 0 Å². The Labute approximate surface area is 108 Å². The average molecular weight is 293 g/mol. The zero-order chi connectivity index (χ0) is 12.0. The van der Waals surface area contributed by atoms with Crippen molar-refractivity contribution >= 4 is 32.7 Å². The van der Waals surface area contributed by atoms with Crippen LogP contribution in [0.1, 0.15) is 29.2 Å². The van der Waals surface area contributed by atoms with Gasteiger partial charge in [-0.1, -0.05) is 15.9 Å². The highest BCUT2D eigenvalue weighted by molar-refractivity contribution is 9.10. The molecule has 2 aromatic rings. The Balaban J connectivity index is 2.25. The van der Waals surface area contributed by atoms with Crippen molar-refractivity contribution in [3.05, 3.63) is 34.4 Å². The number of halogens is 1. The van der Waals surface area contributed by atoms with Gasteiger partial charge in [-0.05, 0) is 31.0 Å². The first-order valence-electron chi connectivity index (χ1n) is 5.73. The minimum atomic E-state index is -0.0372. The molecule has 1 aromatic carbocycles. The highest BCUT2D eigenvalue weighted by atomic mass is 79.9. The minimum Gasteiger partial charge on any atom is -0.355 e. The monoisotopic (exact) mass is 292 g/mol. The van der Waals surface area contributed by atoms with Crippen molar-refractivity contribution in [1.82, 2.24) is 9.88 Å². The third kappa shape index (κ3) is 1.76. The molecule has 1 amide bonds. The van der Waals surface area contributed by atoms with E-state index in [2.05, 4.69) is 38.1 Å². The van der Waals surface area contributed by atoms with E-state index in [-0.39, 0.29) is 5.91 Å². The number of carbonyl (C=O) groups excluding carboxylic acids is 1. The van der Waals surface area contributed by atoms with Crippen molar-refractivity contribution in [3.8, 4) is 0 Å². The Kier molecular flexibility index (Phi) is 2.47. The molecular weight excluding hydrogens is 280 g/mol. The molecule has 17 heavy (non-hydrogen) atoms. The molecule has 4 heteroatoms. The fraction of sp³-hybridized carbons (Fsp3) is 0.308. The number of aromatic nitrogens is 1. The van der Waals surface area contributed by atoms with Crippen LogP contribution in [0.25, 0.3) is 10.9 Å². The van der Waals surface area contributed by atoms with Gasteiger partial charge in [0, 0.05) is 34.7 Å². The van der Waals surface area contributed by atoms with Gasteiger partial charge in [0.2, 0.25) is 0 Å². The van der Waals surface area contributed by atoms with Crippen LogP contribution in [0.4, 0.5) is 0 Å². The van der Waals surface area contributed by atoms with E-state index in [0.717, 1.165) is 20.9 Å². The molecule has 1 fully saturated rings. The molecule has 0 atom stereocenters. The molecule has 1 N–H and O–H groups in total. The molecule has 1 aromatic heterocycles. The minimum absolute atomic E-state index is 0.0372. The maximum atomic E-state index is 11.8. The Hall–Kier alpha value is -1.29. The summed E-state index contributed by atoms with van der Waals surface area (Å²) in [6.07, 6.45) is 4.57.